The van der Waals surface area contributed by atoms with Gasteiger partial charge in [0.1, 0.15) is 6.10 Å². The van der Waals surface area contributed by atoms with Gasteiger partial charge in [-0.2, -0.15) is 13.2 Å². The predicted octanol–water partition coefficient (Wildman–Crippen LogP) is 1.58. The van der Waals surface area contributed by atoms with Gasteiger partial charge in [0, 0.05) is 6.42 Å². The minimum Gasteiger partial charge on any atom is -0.462 e. The molecule has 1 atom stereocenters. The second-order valence-corrected chi connectivity index (χ2v) is 3.43. The molecule has 0 amide bonds. The molecule has 0 spiro atoms. The maximum absolute atomic E-state index is 11.7. The van der Waals surface area contributed by atoms with Crippen molar-refractivity contribution in [3.63, 3.8) is 0 Å². The molecule has 0 aliphatic carbocycles. The van der Waals surface area contributed by atoms with E-state index in [0.29, 0.717) is 19.3 Å². The average molecular weight is 240 g/mol. The summed E-state index contributed by atoms with van der Waals surface area (Å²) in [7, 11) is 0. The van der Waals surface area contributed by atoms with Gasteiger partial charge in [-0.25, -0.2) is 4.79 Å². The zero-order valence-corrected chi connectivity index (χ0v) is 8.38. The van der Waals surface area contributed by atoms with Crippen LogP contribution in [-0.4, -0.2) is 30.8 Å². The molecule has 0 aromatic rings. The van der Waals surface area contributed by atoms with Crippen molar-refractivity contribution in [2.75, 3.05) is 6.61 Å². The number of carbonyl (C=O) groups excluding carboxylic acids is 2. The van der Waals surface area contributed by atoms with E-state index in [1.165, 1.54) is 0 Å². The van der Waals surface area contributed by atoms with Crippen molar-refractivity contribution in [1.82, 2.24) is 0 Å². The van der Waals surface area contributed by atoms with Gasteiger partial charge in [-0.05, 0) is 19.3 Å². The molecule has 0 saturated carbocycles. The molecule has 0 radical (unpaired) electrons. The summed E-state index contributed by atoms with van der Waals surface area (Å²) in [5, 5.41) is 0. The third kappa shape index (κ3) is 4.08. The molecule has 7 heteroatoms. The third-order valence-corrected chi connectivity index (χ3v) is 2.10. The molecular weight excluding hydrogens is 229 g/mol. The Morgan fingerprint density at radius 3 is 2.69 bits per heavy atom. The minimum absolute atomic E-state index is 0.250. The van der Waals surface area contributed by atoms with Gasteiger partial charge >= 0.3 is 18.1 Å². The monoisotopic (exact) mass is 240 g/mol. The number of rotatable bonds is 4. The van der Waals surface area contributed by atoms with Crippen molar-refractivity contribution >= 4 is 11.9 Å². The zero-order chi connectivity index (χ0) is 12.2. The molecule has 0 aromatic heterocycles. The van der Waals surface area contributed by atoms with Gasteiger partial charge in [0.15, 0.2) is 0 Å². The lowest BCUT2D eigenvalue weighted by molar-refractivity contribution is -0.199. The number of cyclic esters (lactones) is 1. The topological polar surface area (TPSA) is 52.6 Å². The highest BCUT2D eigenvalue weighted by Crippen LogP contribution is 2.19. The summed E-state index contributed by atoms with van der Waals surface area (Å²) in [5.74, 6) is -2.48. The Morgan fingerprint density at radius 2 is 2.19 bits per heavy atom. The predicted molar refractivity (Wildman–Crippen MR) is 45.4 cm³/mol. The second-order valence-electron chi connectivity index (χ2n) is 3.43. The van der Waals surface area contributed by atoms with E-state index in [-0.39, 0.29) is 25.1 Å². The van der Waals surface area contributed by atoms with Gasteiger partial charge < -0.3 is 9.47 Å². The summed E-state index contributed by atoms with van der Waals surface area (Å²) >= 11 is 0. The van der Waals surface area contributed by atoms with E-state index in [9.17, 15) is 22.8 Å². The molecule has 0 unspecified atom stereocenters. The zero-order valence-electron chi connectivity index (χ0n) is 8.38. The average Bonchev–Trinajstić information content (AvgIpc) is 2.57. The van der Waals surface area contributed by atoms with Crippen LogP contribution >= 0.6 is 0 Å². The Morgan fingerprint density at radius 1 is 1.50 bits per heavy atom. The van der Waals surface area contributed by atoms with Gasteiger partial charge in [0.25, 0.3) is 0 Å². The third-order valence-electron chi connectivity index (χ3n) is 2.10. The molecule has 1 aliphatic rings. The van der Waals surface area contributed by atoms with Gasteiger partial charge in [-0.1, -0.05) is 0 Å². The van der Waals surface area contributed by atoms with E-state index in [0.717, 1.165) is 0 Å². The molecule has 16 heavy (non-hydrogen) atoms. The lowest BCUT2D eigenvalue weighted by Crippen LogP contribution is -2.25. The highest BCUT2D eigenvalue weighted by molar-refractivity contribution is 5.75. The Hall–Kier alpha value is -1.27. The van der Waals surface area contributed by atoms with E-state index < -0.39 is 12.1 Å². The summed E-state index contributed by atoms with van der Waals surface area (Å²) in [6, 6.07) is 0. The molecule has 1 aliphatic heterocycles. The van der Waals surface area contributed by atoms with E-state index in [1.54, 1.807) is 0 Å². The Labute approximate surface area is 89.7 Å². The first-order chi connectivity index (χ1) is 7.39. The summed E-state index contributed by atoms with van der Waals surface area (Å²) < 4.78 is 43.9. The van der Waals surface area contributed by atoms with Crippen molar-refractivity contribution in [3.8, 4) is 0 Å². The van der Waals surface area contributed by atoms with Crippen molar-refractivity contribution in [3.05, 3.63) is 0 Å². The Kier molecular flexibility index (Phi) is 4.14. The Balaban J connectivity index is 2.08. The summed E-state index contributed by atoms with van der Waals surface area (Å²) in [6.45, 7) is -0.313. The van der Waals surface area contributed by atoms with Gasteiger partial charge in [0.2, 0.25) is 0 Å². The minimum atomic E-state index is -4.94. The normalized spacial score (nSPS) is 20.7. The largest absolute Gasteiger partial charge is 0.490 e. The van der Waals surface area contributed by atoms with Crippen LogP contribution in [0.3, 0.4) is 0 Å². The van der Waals surface area contributed by atoms with Crippen LogP contribution < -0.4 is 0 Å². The fourth-order valence-electron chi connectivity index (χ4n) is 1.34. The quantitative estimate of drug-likeness (QED) is 0.553. The van der Waals surface area contributed by atoms with Crippen LogP contribution in [0.15, 0.2) is 0 Å². The van der Waals surface area contributed by atoms with Crippen LogP contribution in [0.2, 0.25) is 0 Å². The molecule has 0 aromatic carbocycles. The Bertz CT molecular complexity index is 274. The van der Waals surface area contributed by atoms with Crippen molar-refractivity contribution in [2.24, 2.45) is 0 Å². The summed E-state index contributed by atoms with van der Waals surface area (Å²) in [6.07, 6.45) is -3.62. The first-order valence-electron chi connectivity index (χ1n) is 4.83. The van der Waals surface area contributed by atoms with Gasteiger partial charge in [-0.15, -0.1) is 0 Å². The maximum atomic E-state index is 11.7. The van der Waals surface area contributed by atoms with Crippen molar-refractivity contribution < 1.29 is 32.2 Å². The molecule has 0 N–H and O–H groups in total. The molecule has 92 valence electrons. The van der Waals surface area contributed by atoms with Crippen LogP contribution in [0.25, 0.3) is 0 Å². The van der Waals surface area contributed by atoms with Crippen molar-refractivity contribution in [2.45, 2.75) is 38.0 Å². The standard InChI is InChI=1S/C9H11F3O4/c10-9(11,12)8(14)15-5-1-2-6-3-4-7(13)16-6/h6H,1-5H2/t6-/m1/s1. The van der Waals surface area contributed by atoms with Gasteiger partial charge in [-0.3, -0.25) is 4.79 Å². The summed E-state index contributed by atoms with van der Waals surface area (Å²) in [5.41, 5.74) is 0. The fourth-order valence-corrected chi connectivity index (χ4v) is 1.34. The van der Waals surface area contributed by atoms with E-state index in [1.807, 2.05) is 0 Å². The smallest absolute Gasteiger partial charge is 0.462 e. The molecule has 0 bridgehead atoms. The molecule has 4 nitrogen and oxygen atoms in total. The number of esters is 2. The molecule has 1 rings (SSSR count). The fraction of sp³-hybridized carbons (Fsp3) is 0.778. The highest BCUT2D eigenvalue weighted by Gasteiger charge is 2.40. The SMILES string of the molecule is O=C1CC[C@@H](CCCOC(=O)C(F)(F)F)O1. The maximum Gasteiger partial charge on any atom is 0.490 e. The van der Waals surface area contributed by atoms with Crippen LogP contribution in [-0.2, 0) is 19.1 Å². The van der Waals surface area contributed by atoms with Crippen LogP contribution in [0, 0.1) is 0 Å². The molecular formula is C9H11F3O4. The molecule has 1 fully saturated rings. The number of alkyl halides is 3. The summed E-state index contributed by atoms with van der Waals surface area (Å²) in [4.78, 5) is 20.9. The van der Waals surface area contributed by atoms with Gasteiger partial charge in [0.05, 0.1) is 6.61 Å². The van der Waals surface area contributed by atoms with E-state index in [2.05, 4.69) is 4.74 Å². The lowest BCUT2D eigenvalue weighted by Gasteiger charge is -2.09. The van der Waals surface area contributed by atoms with Crippen molar-refractivity contribution in [1.29, 1.82) is 0 Å². The highest BCUT2D eigenvalue weighted by atomic mass is 19.4. The number of halogens is 3. The number of carbonyl (C=O) groups is 2. The van der Waals surface area contributed by atoms with E-state index in [4.69, 9.17) is 4.74 Å². The van der Waals surface area contributed by atoms with Crippen LogP contribution in [0.1, 0.15) is 25.7 Å². The van der Waals surface area contributed by atoms with E-state index >= 15 is 0 Å². The van der Waals surface area contributed by atoms with Crippen LogP contribution in [0.4, 0.5) is 13.2 Å². The molecule has 1 heterocycles. The number of hydrogen-bond donors (Lipinski definition) is 0. The molecule has 1 saturated heterocycles. The lowest BCUT2D eigenvalue weighted by atomic mass is 10.1. The van der Waals surface area contributed by atoms with Crippen LogP contribution in [0.5, 0.6) is 0 Å². The first kappa shape index (κ1) is 12.8. The number of ether oxygens (including phenoxy) is 2. The second kappa shape index (κ2) is 5.18. The first-order valence-corrected chi connectivity index (χ1v) is 4.83. The number of hydrogen-bond acceptors (Lipinski definition) is 4.